The van der Waals surface area contributed by atoms with Gasteiger partial charge in [-0.1, -0.05) is 10.4 Å². The molecule has 1 aromatic rings. The number of carbonyl (C=O) groups excluding carboxylic acids is 1. The minimum atomic E-state index is -3.03. The molecule has 0 saturated heterocycles. The van der Waals surface area contributed by atoms with Crippen molar-refractivity contribution in [1.29, 1.82) is 0 Å². The molecule has 1 amide bonds. The van der Waals surface area contributed by atoms with E-state index in [-0.39, 0.29) is 0 Å². The smallest absolute Gasteiger partial charge is 0.278 e. The zero-order chi connectivity index (χ0) is 12.1. The minimum Gasteiger partial charge on any atom is -0.278 e. The molecular formula is C7H3F2NO5S. The molecule has 0 heterocycles. The number of halogens is 2. The van der Waals surface area contributed by atoms with Crippen LogP contribution >= 0.6 is 0 Å². The molecule has 0 aliphatic carbocycles. The van der Waals surface area contributed by atoms with E-state index in [1.165, 1.54) is 0 Å². The summed E-state index contributed by atoms with van der Waals surface area (Å²) in [5.41, 5.74) is 0. The highest BCUT2D eigenvalue weighted by Crippen LogP contribution is 2.20. The number of rotatable bonds is 2. The molecule has 0 saturated carbocycles. The molecular weight excluding hydrogens is 248 g/mol. The van der Waals surface area contributed by atoms with Crippen LogP contribution in [0.1, 0.15) is 0 Å². The van der Waals surface area contributed by atoms with Crippen molar-refractivity contribution in [1.82, 2.24) is 0 Å². The molecule has 0 aliphatic rings. The quantitative estimate of drug-likeness (QED) is 0.587. The number of hydrogen-bond acceptors (Lipinski definition) is 5. The first-order chi connectivity index (χ1) is 7.50. The first-order valence-corrected chi connectivity index (χ1v) is 4.67. The van der Waals surface area contributed by atoms with Crippen molar-refractivity contribution in [3.63, 3.8) is 0 Å². The van der Waals surface area contributed by atoms with Crippen LogP contribution in [0, 0.1) is 11.6 Å². The summed E-state index contributed by atoms with van der Waals surface area (Å²) in [5, 5.41) is 0. The molecule has 9 heteroatoms. The van der Waals surface area contributed by atoms with Crippen LogP contribution in [0.3, 0.4) is 0 Å². The van der Waals surface area contributed by atoms with Gasteiger partial charge < -0.3 is 0 Å². The fourth-order valence-electron chi connectivity index (χ4n) is 0.716. The van der Waals surface area contributed by atoms with Gasteiger partial charge in [0.15, 0.2) is 11.6 Å². The summed E-state index contributed by atoms with van der Waals surface area (Å²) in [5.74, 6) is -3.20. The van der Waals surface area contributed by atoms with E-state index >= 15 is 0 Å². The third-order valence-corrected chi connectivity index (χ3v) is 1.56. The molecule has 86 valence electrons. The molecule has 0 bridgehead atoms. The van der Waals surface area contributed by atoms with Crippen LogP contribution in [0.5, 0.6) is 5.75 Å². The standard InChI is InChI=1S/C7H3F2NO5S/c8-4-2-1-3-5(9)6(4)14-15-7(11)10-16(12)13/h1-3H. The minimum absolute atomic E-state index is 0.856. The molecule has 0 unspecified atom stereocenters. The highest BCUT2D eigenvalue weighted by molar-refractivity contribution is 7.62. The number of carbonyl (C=O) groups is 1. The van der Waals surface area contributed by atoms with E-state index in [9.17, 15) is 22.0 Å². The van der Waals surface area contributed by atoms with E-state index in [0.29, 0.717) is 0 Å². The third-order valence-electron chi connectivity index (χ3n) is 1.26. The average Bonchev–Trinajstić information content (AvgIpc) is 2.15. The summed E-state index contributed by atoms with van der Waals surface area (Å²) in [6.07, 6.45) is -1.66. The molecule has 0 radical (unpaired) electrons. The van der Waals surface area contributed by atoms with Crippen LogP contribution in [-0.4, -0.2) is 14.5 Å². The predicted octanol–water partition coefficient (Wildman–Crippen LogP) is 1.46. The molecule has 0 N–H and O–H groups in total. The van der Waals surface area contributed by atoms with Crippen molar-refractivity contribution in [3.05, 3.63) is 29.8 Å². The highest BCUT2D eigenvalue weighted by Gasteiger charge is 2.13. The van der Waals surface area contributed by atoms with E-state index in [0.717, 1.165) is 18.2 Å². The van der Waals surface area contributed by atoms with Gasteiger partial charge in [0.1, 0.15) is 0 Å². The number of nitrogens with zero attached hydrogens (tertiary/aromatic N) is 1. The monoisotopic (exact) mass is 251 g/mol. The maximum atomic E-state index is 12.9. The summed E-state index contributed by atoms with van der Waals surface area (Å²) < 4.78 is 47.8. The Bertz CT molecular complexity index is 513. The van der Waals surface area contributed by atoms with Crippen molar-refractivity contribution in [2.45, 2.75) is 0 Å². The van der Waals surface area contributed by atoms with Crippen LogP contribution in [-0.2, 0) is 15.4 Å². The largest absolute Gasteiger partial charge is 0.490 e. The fraction of sp³-hybridized carbons (Fsp3) is 0. The summed E-state index contributed by atoms with van der Waals surface area (Å²) in [7, 11) is -3.03. The van der Waals surface area contributed by atoms with Crippen molar-refractivity contribution < 1.29 is 31.8 Å². The first-order valence-electron chi connectivity index (χ1n) is 3.64. The maximum Gasteiger partial charge on any atom is 0.490 e. The lowest BCUT2D eigenvalue weighted by molar-refractivity contribution is -0.143. The lowest BCUT2D eigenvalue weighted by Gasteiger charge is -2.02. The Labute approximate surface area is 89.0 Å². The Morgan fingerprint density at radius 1 is 1.25 bits per heavy atom. The van der Waals surface area contributed by atoms with Gasteiger partial charge in [0, 0.05) is 0 Å². The highest BCUT2D eigenvalue weighted by atomic mass is 32.2. The van der Waals surface area contributed by atoms with Crippen LogP contribution in [0.2, 0.25) is 0 Å². The Morgan fingerprint density at radius 3 is 2.31 bits per heavy atom. The molecule has 0 fully saturated rings. The van der Waals surface area contributed by atoms with Crippen molar-refractivity contribution >= 4 is 16.6 Å². The lowest BCUT2D eigenvalue weighted by atomic mass is 10.3. The first kappa shape index (κ1) is 12.0. The Balaban J connectivity index is 2.76. The van der Waals surface area contributed by atoms with Gasteiger partial charge >= 0.3 is 16.6 Å². The van der Waals surface area contributed by atoms with Crippen molar-refractivity contribution in [2.24, 2.45) is 4.36 Å². The molecule has 0 spiro atoms. The van der Waals surface area contributed by atoms with Crippen LogP contribution < -0.4 is 4.89 Å². The van der Waals surface area contributed by atoms with Crippen LogP contribution in [0.4, 0.5) is 13.6 Å². The van der Waals surface area contributed by atoms with E-state index in [1.807, 2.05) is 0 Å². The molecule has 0 atom stereocenters. The molecule has 0 aliphatic heterocycles. The predicted molar refractivity (Wildman–Crippen MR) is 44.8 cm³/mol. The normalized spacial score (nSPS) is 9.38. The van der Waals surface area contributed by atoms with Gasteiger partial charge in [-0.25, -0.2) is 18.5 Å². The van der Waals surface area contributed by atoms with Gasteiger partial charge in [-0.15, -0.1) is 0 Å². The van der Waals surface area contributed by atoms with Crippen LogP contribution in [0.15, 0.2) is 22.6 Å². The van der Waals surface area contributed by atoms with Gasteiger partial charge in [0.05, 0.1) is 0 Å². The molecule has 6 nitrogen and oxygen atoms in total. The second kappa shape index (κ2) is 5.16. The summed E-state index contributed by atoms with van der Waals surface area (Å²) >= 11 is 0. The van der Waals surface area contributed by atoms with Gasteiger partial charge in [0.25, 0.3) is 0 Å². The number of hydrogen-bond donors (Lipinski definition) is 0. The second-order valence-electron chi connectivity index (χ2n) is 2.29. The second-order valence-corrected chi connectivity index (χ2v) is 2.91. The zero-order valence-corrected chi connectivity index (χ0v) is 8.20. The lowest BCUT2D eigenvalue weighted by Crippen LogP contribution is -2.05. The summed E-state index contributed by atoms with van der Waals surface area (Å²) in [6, 6.07) is 2.78. The fourth-order valence-corrected chi connectivity index (χ4v) is 0.868. The van der Waals surface area contributed by atoms with Crippen molar-refractivity contribution in [3.8, 4) is 5.75 Å². The molecule has 1 aromatic carbocycles. The molecule has 0 aromatic heterocycles. The third kappa shape index (κ3) is 3.28. The van der Waals surface area contributed by atoms with Gasteiger partial charge in [-0.05, 0) is 12.1 Å². The molecule has 16 heavy (non-hydrogen) atoms. The number of para-hydroxylation sites is 1. The van der Waals surface area contributed by atoms with E-state index < -0.39 is 34.0 Å². The average molecular weight is 251 g/mol. The number of amides is 1. The van der Waals surface area contributed by atoms with E-state index in [2.05, 4.69) is 14.1 Å². The Morgan fingerprint density at radius 2 is 1.81 bits per heavy atom. The number of benzene rings is 1. The van der Waals surface area contributed by atoms with Crippen LogP contribution in [0.25, 0.3) is 0 Å². The topological polar surface area (TPSA) is 82.0 Å². The SMILES string of the molecule is O=C(N=S(=O)=O)OOc1c(F)cccc1F. The van der Waals surface area contributed by atoms with Gasteiger partial charge in [-0.3, -0.25) is 4.89 Å². The Hall–Kier alpha value is -2.03. The molecule has 1 rings (SSSR count). The van der Waals surface area contributed by atoms with E-state index in [1.54, 1.807) is 0 Å². The Kier molecular flexibility index (Phi) is 3.89. The maximum absolute atomic E-state index is 12.9. The van der Waals surface area contributed by atoms with Gasteiger partial charge in [0.2, 0.25) is 5.75 Å². The summed E-state index contributed by atoms with van der Waals surface area (Å²) in [6.45, 7) is 0. The van der Waals surface area contributed by atoms with Crippen molar-refractivity contribution in [2.75, 3.05) is 0 Å². The van der Waals surface area contributed by atoms with E-state index in [4.69, 9.17) is 0 Å². The van der Waals surface area contributed by atoms with Gasteiger partial charge in [-0.2, -0.15) is 8.42 Å². The zero-order valence-electron chi connectivity index (χ0n) is 7.38. The summed E-state index contributed by atoms with van der Waals surface area (Å²) in [4.78, 5) is 18.2.